The number of carbonyl (C=O) groups excluding carboxylic acids is 1. The van der Waals surface area contributed by atoms with Crippen molar-refractivity contribution in [2.24, 2.45) is 0 Å². The van der Waals surface area contributed by atoms with Gasteiger partial charge in [0.05, 0.1) is 0 Å². The number of aryl methyl sites for hydroxylation is 1. The number of hydrogen-bond donors (Lipinski definition) is 2. The third-order valence-corrected chi connectivity index (χ3v) is 3.61. The summed E-state index contributed by atoms with van der Waals surface area (Å²) in [6.45, 7) is 6.67. The second-order valence-corrected chi connectivity index (χ2v) is 6.07. The molecule has 0 saturated heterocycles. The van der Waals surface area contributed by atoms with Gasteiger partial charge in [-0.25, -0.2) is 9.18 Å². The molecule has 2 aromatic rings. The minimum absolute atomic E-state index is 0.188. The van der Waals surface area contributed by atoms with Gasteiger partial charge in [-0.1, -0.05) is 49.7 Å². The van der Waals surface area contributed by atoms with E-state index in [0.717, 1.165) is 5.56 Å². The predicted octanol–water partition coefficient (Wildman–Crippen LogP) is 4.23. The molecule has 0 bridgehead atoms. The Morgan fingerprint density at radius 1 is 1.14 bits per heavy atom. The number of rotatable bonds is 4. The van der Waals surface area contributed by atoms with Gasteiger partial charge in [-0.15, -0.1) is 0 Å². The summed E-state index contributed by atoms with van der Waals surface area (Å²) in [5.74, 6) is -0.377. The number of benzene rings is 2. The van der Waals surface area contributed by atoms with Crippen molar-refractivity contribution in [1.29, 1.82) is 0 Å². The van der Waals surface area contributed by atoms with Crippen LogP contribution in [0.3, 0.4) is 0 Å². The fourth-order valence-electron chi connectivity index (χ4n) is 2.15. The van der Waals surface area contributed by atoms with E-state index >= 15 is 0 Å². The molecule has 3 nitrogen and oxygen atoms in total. The van der Waals surface area contributed by atoms with Gasteiger partial charge in [0.2, 0.25) is 0 Å². The minimum atomic E-state index is -0.377. The van der Waals surface area contributed by atoms with Crippen LogP contribution < -0.4 is 10.6 Å². The van der Waals surface area contributed by atoms with Crippen molar-refractivity contribution in [2.45, 2.75) is 26.2 Å². The Hall–Kier alpha value is -2.36. The van der Waals surface area contributed by atoms with Gasteiger partial charge in [-0.2, -0.15) is 0 Å². The number of nitrogens with one attached hydrogen (secondary N) is 2. The lowest BCUT2D eigenvalue weighted by Crippen LogP contribution is -2.39. The molecule has 0 aliphatic carbocycles. The number of carbonyl (C=O) groups is 1. The van der Waals surface area contributed by atoms with E-state index in [1.165, 1.54) is 17.7 Å². The molecule has 0 aromatic heterocycles. The van der Waals surface area contributed by atoms with Crippen molar-refractivity contribution in [1.82, 2.24) is 5.32 Å². The number of urea groups is 1. The Labute approximate surface area is 130 Å². The van der Waals surface area contributed by atoms with E-state index < -0.39 is 0 Å². The van der Waals surface area contributed by atoms with Gasteiger partial charge in [-0.3, -0.25) is 0 Å². The number of amides is 2. The lowest BCUT2D eigenvalue weighted by Gasteiger charge is -2.26. The molecule has 2 rings (SSSR count). The zero-order valence-corrected chi connectivity index (χ0v) is 13.1. The van der Waals surface area contributed by atoms with Gasteiger partial charge in [0.15, 0.2) is 0 Å². The first-order valence-corrected chi connectivity index (χ1v) is 7.24. The van der Waals surface area contributed by atoms with Crippen molar-refractivity contribution >= 4 is 11.7 Å². The highest BCUT2D eigenvalue weighted by Crippen LogP contribution is 2.22. The van der Waals surface area contributed by atoms with Crippen LogP contribution in [-0.2, 0) is 5.41 Å². The largest absolute Gasteiger partial charge is 0.337 e. The maximum absolute atomic E-state index is 13.1. The van der Waals surface area contributed by atoms with E-state index in [2.05, 4.69) is 48.7 Å². The van der Waals surface area contributed by atoms with Crippen LogP contribution in [0, 0.1) is 12.7 Å². The second-order valence-electron chi connectivity index (χ2n) is 6.07. The van der Waals surface area contributed by atoms with Crippen LogP contribution in [0.15, 0.2) is 48.5 Å². The average Bonchev–Trinajstić information content (AvgIpc) is 2.46. The maximum atomic E-state index is 13.1. The first-order chi connectivity index (χ1) is 10.4. The molecule has 2 N–H and O–H groups in total. The zero-order valence-electron chi connectivity index (χ0n) is 13.1. The molecule has 2 aromatic carbocycles. The third kappa shape index (κ3) is 4.32. The molecule has 4 heteroatoms. The third-order valence-electron chi connectivity index (χ3n) is 3.61. The summed E-state index contributed by atoms with van der Waals surface area (Å²) in [4.78, 5) is 11.9. The highest BCUT2D eigenvalue weighted by molar-refractivity contribution is 5.89. The molecule has 0 radical (unpaired) electrons. The van der Waals surface area contributed by atoms with Crippen LogP contribution in [0.2, 0.25) is 0 Å². The summed E-state index contributed by atoms with van der Waals surface area (Å²) in [5.41, 5.74) is 2.61. The molecule has 0 unspecified atom stereocenters. The fraction of sp³-hybridized carbons (Fsp3) is 0.278. The lowest BCUT2D eigenvalue weighted by molar-refractivity contribution is 0.249. The molecule has 0 atom stereocenters. The van der Waals surface area contributed by atoms with Crippen molar-refractivity contribution in [3.63, 3.8) is 0 Å². The number of anilines is 1. The van der Waals surface area contributed by atoms with Crippen LogP contribution in [0.25, 0.3) is 0 Å². The average molecular weight is 300 g/mol. The monoisotopic (exact) mass is 300 g/mol. The molecule has 0 aliphatic heterocycles. The number of hydrogen-bond acceptors (Lipinski definition) is 1. The number of halogens is 1. The Kier molecular flexibility index (Phi) is 4.81. The Bertz CT molecular complexity index is 650. The zero-order chi connectivity index (χ0) is 16.2. The van der Waals surface area contributed by atoms with Crippen LogP contribution in [0.1, 0.15) is 25.0 Å². The van der Waals surface area contributed by atoms with Gasteiger partial charge in [-0.05, 0) is 30.7 Å². The van der Waals surface area contributed by atoms with Gasteiger partial charge < -0.3 is 10.6 Å². The predicted molar refractivity (Wildman–Crippen MR) is 87.6 cm³/mol. The van der Waals surface area contributed by atoms with E-state index in [9.17, 15) is 9.18 Å². The van der Waals surface area contributed by atoms with Crippen LogP contribution in [0.4, 0.5) is 14.9 Å². The highest BCUT2D eigenvalue weighted by Gasteiger charge is 2.21. The molecule has 2 amide bonds. The molecular formula is C18H21FN2O. The molecule has 0 aliphatic rings. The molecule has 22 heavy (non-hydrogen) atoms. The first kappa shape index (κ1) is 16.0. The standard InChI is InChI=1S/C18H21FN2O/c1-13-7-9-14(10-8-13)18(2,3)12-20-17(22)21-16-6-4-5-15(19)11-16/h4-11H,12H2,1-3H3,(H2,20,21,22). The molecular weight excluding hydrogens is 279 g/mol. The Morgan fingerprint density at radius 2 is 1.82 bits per heavy atom. The van der Waals surface area contributed by atoms with E-state index in [-0.39, 0.29) is 17.3 Å². The van der Waals surface area contributed by atoms with Gasteiger partial charge in [0.1, 0.15) is 5.82 Å². The smallest absolute Gasteiger partial charge is 0.319 e. The van der Waals surface area contributed by atoms with Crippen molar-refractivity contribution in [2.75, 3.05) is 11.9 Å². The molecule has 0 saturated carbocycles. The maximum Gasteiger partial charge on any atom is 0.319 e. The van der Waals surface area contributed by atoms with Gasteiger partial charge in [0.25, 0.3) is 0 Å². The summed E-state index contributed by atoms with van der Waals surface area (Å²) >= 11 is 0. The second kappa shape index (κ2) is 6.60. The van der Waals surface area contributed by atoms with Crippen molar-refractivity contribution in [3.05, 3.63) is 65.5 Å². The summed E-state index contributed by atoms with van der Waals surface area (Å²) < 4.78 is 13.1. The fourth-order valence-corrected chi connectivity index (χ4v) is 2.15. The van der Waals surface area contributed by atoms with E-state index in [1.807, 2.05) is 6.92 Å². The first-order valence-electron chi connectivity index (χ1n) is 7.24. The highest BCUT2D eigenvalue weighted by atomic mass is 19.1. The quantitative estimate of drug-likeness (QED) is 0.871. The summed E-state index contributed by atoms with van der Waals surface area (Å²) in [6, 6.07) is 13.7. The van der Waals surface area contributed by atoms with Crippen molar-refractivity contribution < 1.29 is 9.18 Å². The molecule has 0 fully saturated rings. The van der Waals surface area contributed by atoms with Crippen LogP contribution >= 0.6 is 0 Å². The lowest BCUT2D eigenvalue weighted by atomic mass is 9.84. The SMILES string of the molecule is Cc1ccc(C(C)(C)CNC(=O)Nc2cccc(F)c2)cc1. The van der Waals surface area contributed by atoms with Crippen molar-refractivity contribution in [3.8, 4) is 0 Å². The summed E-state index contributed by atoms with van der Waals surface area (Å²) in [7, 11) is 0. The molecule has 116 valence electrons. The van der Waals surface area contributed by atoms with Crippen LogP contribution in [0.5, 0.6) is 0 Å². The molecule has 0 heterocycles. The van der Waals surface area contributed by atoms with Gasteiger partial charge >= 0.3 is 6.03 Å². The summed E-state index contributed by atoms with van der Waals surface area (Å²) in [6.07, 6.45) is 0. The Balaban J connectivity index is 1.93. The van der Waals surface area contributed by atoms with E-state index in [0.29, 0.717) is 12.2 Å². The van der Waals surface area contributed by atoms with Gasteiger partial charge in [0, 0.05) is 17.6 Å². The summed E-state index contributed by atoms with van der Waals surface area (Å²) in [5, 5.41) is 5.46. The molecule has 0 spiro atoms. The normalized spacial score (nSPS) is 11.1. The Morgan fingerprint density at radius 3 is 2.45 bits per heavy atom. The minimum Gasteiger partial charge on any atom is -0.337 e. The topological polar surface area (TPSA) is 41.1 Å². The van der Waals surface area contributed by atoms with E-state index in [4.69, 9.17) is 0 Å². The van der Waals surface area contributed by atoms with E-state index in [1.54, 1.807) is 12.1 Å². The van der Waals surface area contributed by atoms with Crippen LogP contribution in [-0.4, -0.2) is 12.6 Å².